The van der Waals surface area contributed by atoms with Crippen LogP contribution in [-0.2, 0) is 0 Å². The summed E-state index contributed by atoms with van der Waals surface area (Å²) in [6.07, 6.45) is 6.44. The van der Waals surface area contributed by atoms with E-state index in [4.69, 9.17) is 0 Å². The third-order valence-electron chi connectivity index (χ3n) is 5.75. The van der Waals surface area contributed by atoms with Crippen molar-refractivity contribution in [2.24, 2.45) is 5.92 Å². The summed E-state index contributed by atoms with van der Waals surface area (Å²) < 4.78 is 0. The van der Waals surface area contributed by atoms with Crippen LogP contribution in [0.25, 0.3) is 11.0 Å². The van der Waals surface area contributed by atoms with Gasteiger partial charge in [0.05, 0.1) is 17.1 Å². The molecule has 2 unspecified atom stereocenters. The Kier molecular flexibility index (Phi) is 5.69. The lowest BCUT2D eigenvalue weighted by atomic mass is 10.0. The minimum atomic E-state index is -0.520. The van der Waals surface area contributed by atoms with Crippen LogP contribution in [0.5, 0.6) is 0 Å². The molecule has 1 fully saturated rings. The second-order valence-electron chi connectivity index (χ2n) is 8.01. The van der Waals surface area contributed by atoms with Gasteiger partial charge in [-0.05, 0) is 30.5 Å². The van der Waals surface area contributed by atoms with Crippen LogP contribution in [0.15, 0.2) is 43.0 Å². The van der Waals surface area contributed by atoms with Crippen LogP contribution in [0.2, 0.25) is 0 Å². The zero-order valence-electron chi connectivity index (χ0n) is 17.2. The largest absolute Gasteiger partial charge is 0.388 e. The van der Waals surface area contributed by atoms with Gasteiger partial charge in [-0.3, -0.25) is 14.9 Å². The van der Waals surface area contributed by atoms with E-state index in [-0.39, 0.29) is 5.92 Å². The summed E-state index contributed by atoms with van der Waals surface area (Å²) in [5, 5.41) is 10.2. The van der Waals surface area contributed by atoms with Crippen LogP contribution in [0.1, 0.15) is 44.0 Å². The molecule has 29 heavy (non-hydrogen) atoms. The maximum absolute atomic E-state index is 10.2. The molecule has 3 heterocycles. The summed E-state index contributed by atoms with van der Waals surface area (Å²) in [6, 6.07) is 6.65. The maximum atomic E-state index is 10.2. The fourth-order valence-electron chi connectivity index (χ4n) is 3.79. The third-order valence-corrected chi connectivity index (χ3v) is 5.75. The van der Waals surface area contributed by atoms with Gasteiger partial charge >= 0.3 is 0 Å². The summed E-state index contributed by atoms with van der Waals surface area (Å²) in [5.74, 6) is 0.883. The minimum absolute atomic E-state index is 0.149. The number of anilines is 1. The van der Waals surface area contributed by atoms with Gasteiger partial charge < -0.3 is 10.0 Å². The maximum Gasteiger partial charge on any atom is 0.225 e. The molecule has 4 rings (SSSR count). The summed E-state index contributed by atoms with van der Waals surface area (Å²) in [7, 11) is 0. The highest BCUT2D eigenvalue weighted by atomic mass is 16.3. The molecule has 0 bridgehead atoms. The van der Waals surface area contributed by atoms with Crippen molar-refractivity contribution in [3.8, 4) is 0 Å². The van der Waals surface area contributed by atoms with E-state index in [1.165, 1.54) is 5.56 Å². The quantitative estimate of drug-likeness (QED) is 0.715. The highest BCUT2D eigenvalue weighted by molar-refractivity contribution is 5.74. The number of hydrogen-bond donors (Lipinski definition) is 1. The van der Waals surface area contributed by atoms with E-state index < -0.39 is 6.10 Å². The smallest absolute Gasteiger partial charge is 0.225 e. The molecule has 152 valence electrons. The molecular formula is C22H28N6O. The molecule has 1 saturated heterocycles. The van der Waals surface area contributed by atoms with Gasteiger partial charge in [-0.25, -0.2) is 9.97 Å². The molecule has 2 atom stereocenters. The summed E-state index contributed by atoms with van der Waals surface area (Å²) >= 11 is 0. The molecule has 7 heteroatoms. The number of aliphatic hydroxyl groups is 1. The fraction of sp³-hybridized carbons (Fsp3) is 0.455. The van der Waals surface area contributed by atoms with Crippen LogP contribution in [0.4, 0.5) is 5.95 Å². The van der Waals surface area contributed by atoms with Crippen LogP contribution in [0, 0.1) is 5.92 Å². The van der Waals surface area contributed by atoms with Crippen LogP contribution in [-0.4, -0.2) is 56.1 Å². The third kappa shape index (κ3) is 4.21. The van der Waals surface area contributed by atoms with E-state index >= 15 is 0 Å². The van der Waals surface area contributed by atoms with Gasteiger partial charge in [-0.2, -0.15) is 0 Å². The number of fused-ring (bicyclic) bond motifs is 1. The normalized spacial score (nSPS) is 17.6. The van der Waals surface area contributed by atoms with Crippen LogP contribution < -0.4 is 4.90 Å². The van der Waals surface area contributed by atoms with E-state index in [9.17, 15) is 5.11 Å². The summed E-state index contributed by atoms with van der Waals surface area (Å²) in [6.45, 7) is 9.86. The Morgan fingerprint density at radius 3 is 2.14 bits per heavy atom. The standard InChI is InChI=1S/C22H28N6O/c1-15(2)21(29)18-13-25-22(26-14-18)28-10-8-27(9-11-28)16(3)17-4-5-19-20(12-17)24-7-6-23-19/h4-7,12-16,21,29H,8-11H2,1-3H3. The molecular weight excluding hydrogens is 364 g/mol. The van der Waals surface area contributed by atoms with Gasteiger partial charge in [-0.15, -0.1) is 0 Å². The topological polar surface area (TPSA) is 78.3 Å². The van der Waals surface area contributed by atoms with Crippen molar-refractivity contribution in [2.75, 3.05) is 31.1 Å². The van der Waals surface area contributed by atoms with Gasteiger partial charge in [0.1, 0.15) is 0 Å². The van der Waals surface area contributed by atoms with E-state index in [1.54, 1.807) is 24.8 Å². The molecule has 1 aliphatic rings. The first-order valence-corrected chi connectivity index (χ1v) is 10.2. The molecule has 0 amide bonds. The van der Waals surface area contributed by atoms with Crippen LogP contribution in [0.3, 0.4) is 0 Å². The number of nitrogens with zero attached hydrogens (tertiary/aromatic N) is 6. The summed E-state index contributed by atoms with van der Waals surface area (Å²) in [4.78, 5) is 22.4. The van der Waals surface area contributed by atoms with Crippen molar-refractivity contribution >= 4 is 17.0 Å². The lowest BCUT2D eigenvalue weighted by molar-refractivity contribution is 0.126. The first kappa shape index (κ1) is 19.7. The average molecular weight is 393 g/mol. The first-order chi connectivity index (χ1) is 14.0. The highest BCUT2D eigenvalue weighted by Crippen LogP contribution is 2.25. The molecule has 0 aliphatic carbocycles. The second-order valence-corrected chi connectivity index (χ2v) is 8.01. The van der Waals surface area contributed by atoms with Gasteiger partial charge in [0.25, 0.3) is 0 Å². The average Bonchev–Trinajstić information content (AvgIpc) is 2.78. The van der Waals surface area contributed by atoms with E-state index in [0.717, 1.165) is 48.7 Å². The monoisotopic (exact) mass is 392 g/mol. The van der Waals surface area contributed by atoms with Crippen molar-refractivity contribution < 1.29 is 5.11 Å². The summed E-state index contributed by atoms with van der Waals surface area (Å²) in [5.41, 5.74) is 3.90. The molecule has 0 spiro atoms. The first-order valence-electron chi connectivity index (χ1n) is 10.2. The fourth-order valence-corrected chi connectivity index (χ4v) is 3.79. The molecule has 3 aromatic rings. The van der Waals surface area contributed by atoms with Crippen molar-refractivity contribution in [3.63, 3.8) is 0 Å². The van der Waals surface area contributed by atoms with Gasteiger partial charge in [-0.1, -0.05) is 19.9 Å². The second kappa shape index (κ2) is 8.39. The van der Waals surface area contributed by atoms with Crippen LogP contribution >= 0.6 is 0 Å². The Morgan fingerprint density at radius 1 is 0.828 bits per heavy atom. The Labute approximate surface area is 171 Å². The Balaban J connectivity index is 1.39. The number of rotatable bonds is 5. The van der Waals surface area contributed by atoms with Crippen molar-refractivity contribution in [1.82, 2.24) is 24.8 Å². The molecule has 1 aromatic carbocycles. The lowest BCUT2D eigenvalue weighted by Gasteiger charge is -2.38. The zero-order valence-corrected chi connectivity index (χ0v) is 17.2. The van der Waals surface area contributed by atoms with Crippen molar-refractivity contribution in [1.29, 1.82) is 0 Å². The molecule has 1 aliphatic heterocycles. The Hall–Kier alpha value is -2.64. The van der Waals surface area contributed by atoms with E-state index in [1.807, 2.05) is 19.9 Å². The molecule has 1 N–H and O–H groups in total. The van der Waals surface area contributed by atoms with E-state index in [0.29, 0.717) is 6.04 Å². The van der Waals surface area contributed by atoms with Gasteiger partial charge in [0.2, 0.25) is 5.95 Å². The minimum Gasteiger partial charge on any atom is -0.388 e. The number of piperazine rings is 1. The number of hydrogen-bond acceptors (Lipinski definition) is 7. The SMILES string of the molecule is CC(C)C(O)c1cnc(N2CCN(C(C)c3ccc4nccnc4c3)CC2)nc1. The highest BCUT2D eigenvalue weighted by Gasteiger charge is 2.24. The Morgan fingerprint density at radius 2 is 1.48 bits per heavy atom. The van der Waals surface area contributed by atoms with Gasteiger partial charge in [0.15, 0.2) is 0 Å². The number of benzene rings is 1. The van der Waals surface area contributed by atoms with Crippen molar-refractivity contribution in [3.05, 3.63) is 54.1 Å². The molecule has 7 nitrogen and oxygen atoms in total. The van der Waals surface area contributed by atoms with E-state index in [2.05, 4.69) is 48.8 Å². The molecule has 0 radical (unpaired) electrons. The molecule has 0 saturated carbocycles. The predicted octanol–water partition coefficient (Wildman–Crippen LogP) is 2.99. The number of aliphatic hydroxyl groups excluding tert-OH is 1. The zero-order chi connectivity index (χ0) is 20.4. The predicted molar refractivity (Wildman–Crippen MR) is 114 cm³/mol. The molecule has 2 aromatic heterocycles. The van der Waals surface area contributed by atoms with Crippen molar-refractivity contribution in [2.45, 2.75) is 32.9 Å². The Bertz CT molecular complexity index is 953. The van der Waals surface area contributed by atoms with Gasteiger partial charge in [0, 0.05) is 62.6 Å². The number of aromatic nitrogens is 4. The lowest BCUT2D eigenvalue weighted by Crippen LogP contribution is -2.47.